The van der Waals surface area contributed by atoms with Crippen LogP contribution in [-0.2, 0) is 0 Å². The highest BCUT2D eigenvalue weighted by molar-refractivity contribution is 6.00. The number of carbonyl (C=O) groups is 1. The number of hydrogen-bond donors (Lipinski definition) is 2. The largest absolute Gasteiger partial charge is 0.366 e. The molecule has 0 saturated heterocycles. The van der Waals surface area contributed by atoms with Gasteiger partial charge in [-0.2, -0.15) is 0 Å². The molecule has 0 atom stereocenters. The van der Waals surface area contributed by atoms with Crippen LogP contribution in [0.2, 0.25) is 0 Å². The summed E-state index contributed by atoms with van der Waals surface area (Å²) in [4.78, 5) is 10.7. The van der Waals surface area contributed by atoms with E-state index in [0.29, 0.717) is 11.1 Å². The van der Waals surface area contributed by atoms with Gasteiger partial charge in [0.15, 0.2) is 0 Å². The molecule has 56 valence electrons. The van der Waals surface area contributed by atoms with Crippen molar-refractivity contribution < 1.29 is 4.79 Å². The minimum atomic E-state index is -0.496. The van der Waals surface area contributed by atoms with Gasteiger partial charge in [0.2, 0.25) is 5.91 Å². The molecule has 0 bridgehead atoms. The van der Waals surface area contributed by atoms with Crippen molar-refractivity contribution in [3.05, 3.63) is 35.4 Å². The third-order valence-electron chi connectivity index (χ3n) is 1.38. The molecular formula is C8H8N2O. The molecule has 0 aliphatic rings. The van der Waals surface area contributed by atoms with Crippen LogP contribution in [0.5, 0.6) is 0 Å². The highest BCUT2D eigenvalue weighted by atomic mass is 16.1. The molecule has 0 fully saturated rings. The summed E-state index contributed by atoms with van der Waals surface area (Å²) in [6.07, 6.45) is 1.11. The number of amides is 1. The lowest BCUT2D eigenvalue weighted by molar-refractivity contribution is 0.1000. The van der Waals surface area contributed by atoms with Crippen LogP contribution in [0, 0.1) is 5.41 Å². The Kier molecular flexibility index (Phi) is 2.01. The monoisotopic (exact) mass is 148 g/mol. The van der Waals surface area contributed by atoms with Crippen LogP contribution in [-0.4, -0.2) is 12.1 Å². The number of hydrogen-bond acceptors (Lipinski definition) is 2. The van der Waals surface area contributed by atoms with E-state index in [9.17, 15) is 4.79 Å². The van der Waals surface area contributed by atoms with Crippen LogP contribution in [0.25, 0.3) is 0 Å². The SMILES string of the molecule is N=Cc1ccccc1C(N)=O. The zero-order chi connectivity index (χ0) is 8.27. The lowest BCUT2D eigenvalue weighted by Gasteiger charge is -1.97. The minimum Gasteiger partial charge on any atom is -0.366 e. The maximum Gasteiger partial charge on any atom is 0.249 e. The molecule has 0 aliphatic heterocycles. The molecule has 1 amide bonds. The van der Waals surface area contributed by atoms with E-state index in [1.165, 1.54) is 0 Å². The van der Waals surface area contributed by atoms with Crippen molar-refractivity contribution in [2.45, 2.75) is 0 Å². The maximum atomic E-state index is 10.7. The average molecular weight is 148 g/mol. The van der Waals surface area contributed by atoms with Crippen molar-refractivity contribution >= 4 is 12.1 Å². The van der Waals surface area contributed by atoms with Crippen LogP contribution in [0.4, 0.5) is 0 Å². The van der Waals surface area contributed by atoms with E-state index < -0.39 is 5.91 Å². The molecule has 3 nitrogen and oxygen atoms in total. The first-order chi connectivity index (χ1) is 5.25. The van der Waals surface area contributed by atoms with Gasteiger partial charge in [0.25, 0.3) is 0 Å². The fourth-order valence-electron chi connectivity index (χ4n) is 0.847. The summed E-state index contributed by atoms with van der Waals surface area (Å²) < 4.78 is 0. The molecule has 11 heavy (non-hydrogen) atoms. The summed E-state index contributed by atoms with van der Waals surface area (Å²) in [6.45, 7) is 0. The molecular weight excluding hydrogens is 140 g/mol. The molecule has 3 N–H and O–H groups in total. The first-order valence-electron chi connectivity index (χ1n) is 3.15. The van der Waals surface area contributed by atoms with E-state index in [1.54, 1.807) is 24.3 Å². The third-order valence-corrected chi connectivity index (χ3v) is 1.38. The van der Waals surface area contributed by atoms with Crippen molar-refractivity contribution in [3.63, 3.8) is 0 Å². The molecule has 0 radical (unpaired) electrons. The fraction of sp³-hybridized carbons (Fsp3) is 0. The van der Waals surface area contributed by atoms with Crippen molar-refractivity contribution in [2.24, 2.45) is 5.73 Å². The van der Waals surface area contributed by atoms with E-state index in [4.69, 9.17) is 11.1 Å². The Morgan fingerprint density at radius 2 is 2.09 bits per heavy atom. The van der Waals surface area contributed by atoms with Crippen LogP contribution in [0.1, 0.15) is 15.9 Å². The van der Waals surface area contributed by atoms with E-state index in [2.05, 4.69) is 0 Å². The number of primary amides is 1. The fourth-order valence-corrected chi connectivity index (χ4v) is 0.847. The Labute approximate surface area is 64.3 Å². The van der Waals surface area contributed by atoms with E-state index in [1.807, 2.05) is 0 Å². The Hall–Kier alpha value is -1.64. The second kappa shape index (κ2) is 2.96. The summed E-state index contributed by atoms with van der Waals surface area (Å²) in [5, 5.41) is 6.95. The zero-order valence-corrected chi connectivity index (χ0v) is 5.87. The van der Waals surface area contributed by atoms with E-state index >= 15 is 0 Å². The normalized spacial score (nSPS) is 9.09. The molecule has 1 aromatic rings. The maximum absolute atomic E-state index is 10.7. The molecule has 0 unspecified atom stereocenters. The van der Waals surface area contributed by atoms with Crippen molar-refractivity contribution in [2.75, 3.05) is 0 Å². The third kappa shape index (κ3) is 1.43. The predicted molar refractivity (Wildman–Crippen MR) is 42.8 cm³/mol. The van der Waals surface area contributed by atoms with Crippen molar-refractivity contribution in [1.82, 2.24) is 0 Å². The van der Waals surface area contributed by atoms with Gasteiger partial charge < -0.3 is 11.1 Å². The highest BCUT2D eigenvalue weighted by Crippen LogP contribution is 2.03. The van der Waals surface area contributed by atoms with Gasteiger partial charge in [-0.15, -0.1) is 0 Å². The Morgan fingerprint density at radius 1 is 1.45 bits per heavy atom. The zero-order valence-electron chi connectivity index (χ0n) is 5.87. The number of nitrogens with two attached hydrogens (primary N) is 1. The van der Waals surface area contributed by atoms with Gasteiger partial charge in [0.05, 0.1) is 0 Å². The van der Waals surface area contributed by atoms with Gasteiger partial charge in [0, 0.05) is 17.3 Å². The van der Waals surface area contributed by atoms with Gasteiger partial charge in [-0.1, -0.05) is 18.2 Å². The first-order valence-corrected chi connectivity index (χ1v) is 3.15. The van der Waals surface area contributed by atoms with Gasteiger partial charge in [-0.25, -0.2) is 0 Å². The molecule has 1 rings (SSSR count). The lowest BCUT2D eigenvalue weighted by Crippen LogP contribution is -2.13. The van der Waals surface area contributed by atoms with Gasteiger partial charge in [0.1, 0.15) is 0 Å². The van der Waals surface area contributed by atoms with Crippen LogP contribution < -0.4 is 5.73 Å². The smallest absolute Gasteiger partial charge is 0.249 e. The summed E-state index contributed by atoms with van der Waals surface area (Å²) in [7, 11) is 0. The summed E-state index contributed by atoms with van der Waals surface area (Å²) in [6, 6.07) is 6.75. The molecule has 0 spiro atoms. The van der Waals surface area contributed by atoms with Crippen LogP contribution in [0.3, 0.4) is 0 Å². The number of benzene rings is 1. The van der Waals surface area contributed by atoms with Gasteiger partial charge >= 0.3 is 0 Å². The molecule has 0 aromatic heterocycles. The average Bonchev–Trinajstić information content (AvgIpc) is 2.04. The molecule has 1 aromatic carbocycles. The number of rotatable bonds is 2. The molecule has 0 aliphatic carbocycles. The van der Waals surface area contributed by atoms with Gasteiger partial charge in [-0.05, 0) is 6.07 Å². The van der Waals surface area contributed by atoms with E-state index in [0.717, 1.165) is 6.21 Å². The Balaban J connectivity index is 3.22. The minimum absolute atomic E-state index is 0.391. The number of nitrogens with one attached hydrogen (secondary N) is 1. The topological polar surface area (TPSA) is 66.9 Å². The summed E-state index contributed by atoms with van der Waals surface area (Å²) >= 11 is 0. The summed E-state index contributed by atoms with van der Waals surface area (Å²) in [5.41, 5.74) is 5.99. The van der Waals surface area contributed by atoms with Crippen molar-refractivity contribution in [3.8, 4) is 0 Å². The molecule has 3 heteroatoms. The van der Waals surface area contributed by atoms with Gasteiger partial charge in [-0.3, -0.25) is 4.79 Å². The van der Waals surface area contributed by atoms with Crippen LogP contribution in [0.15, 0.2) is 24.3 Å². The Morgan fingerprint density at radius 3 is 2.55 bits per heavy atom. The Bertz CT molecular complexity index is 294. The number of carbonyl (C=O) groups excluding carboxylic acids is 1. The quantitative estimate of drug-likeness (QED) is 0.598. The lowest BCUT2D eigenvalue weighted by atomic mass is 10.1. The van der Waals surface area contributed by atoms with Crippen molar-refractivity contribution in [1.29, 1.82) is 5.41 Å². The van der Waals surface area contributed by atoms with Crippen LogP contribution >= 0.6 is 0 Å². The highest BCUT2D eigenvalue weighted by Gasteiger charge is 2.02. The predicted octanol–water partition coefficient (Wildman–Crippen LogP) is 0.783. The molecule has 0 heterocycles. The standard InChI is InChI=1S/C8H8N2O/c9-5-6-3-1-2-4-7(6)8(10)11/h1-5,9H,(H2,10,11). The summed E-state index contributed by atoms with van der Waals surface area (Å²) in [5.74, 6) is -0.496. The first kappa shape index (κ1) is 7.47. The second-order valence-electron chi connectivity index (χ2n) is 2.10. The molecule has 0 saturated carbocycles. The second-order valence-corrected chi connectivity index (χ2v) is 2.10. The van der Waals surface area contributed by atoms with E-state index in [-0.39, 0.29) is 0 Å².